The first-order valence-corrected chi connectivity index (χ1v) is 21.0. The second kappa shape index (κ2) is 56.3. The summed E-state index contributed by atoms with van der Waals surface area (Å²) in [5.74, 6) is 1.86. The molecule has 1 aliphatic carbocycles. The van der Waals surface area contributed by atoms with Crippen molar-refractivity contribution in [3.8, 4) is 0 Å². The van der Waals surface area contributed by atoms with Gasteiger partial charge in [-0.2, -0.15) is 26.3 Å². The molecule has 0 radical (unpaired) electrons. The van der Waals surface area contributed by atoms with E-state index in [1.807, 2.05) is 0 Å². The van der Waals surface area contributed by atoms with Gasteiger partial charge < -0.3 is 0 Å². The number of rotatable bonds is 9. The van der Waals surface area contributed by atoms with Gasteiger partial charge in [-0.15, -0.1) is 0 Å². The van der Waals surface area contributed by atoms with Gasteiger partial charge in [0.25, 0.3) is 0 Å². The van der Waals surface area contributed by atoms with Crippen LogP contribution in [0.25, 0.3) is 0 Å². The maximum absolute atomic E-state index is 11.8. The van der Waals surface area contributed by atoms with Crippen LogP contribution in [0, 0.1) is 59.2 Å². The first-order chi connectivity index (χ1) is 24.2. The van der Waals surface area contributed by atoms with E-state index >= 15 is 0 Å². The molecule has 0 amide bonds. The van der Waals surface area contributed by atoms with Gasteiger partial charge in [-0.3, -0.25) is 0 Å². The summed E-state index contributed by atoms with van der Waals surface area (Å²) in [6, 6.07) is 0. The summed E-state index contributed by atoms with van der Waals surface area (Å²) >= 11 is 0. The molecule has 0 aromatic rings. The second-order valence-electron chi connectivity index (χ2n) is 18.5. The van der Waals surface area contributed by atoms with Crippen molar-refractivity contribution in [1.29, 1.82) is 0 Å². The standard InChI is InChI=1S/C6H11F3.C6H12.C6H14.C5H9F3.C5H10F2.C5H12.C4H8F2.2C4H10.5CH4/c1-5(2)3-4-6(7,8)9;1-5(2)6-3-4-6;1-4-5-6(2)3;1-4(2)3-5(6,7)8;1-4(2)5(3,6)7;1-4-5(2)3;1-3(2)4(5)6;2*1-4(2)3;;;;;/h5H,3-4H2,1-2H3;5-6H,3-4H2,1-2H3;6H,4-5H2,1-3H3;4H,3H2,1-2H3;4H,1-3H3;5H,4H2,1-3H3;3-4H,1-2H3;2*4H,1-3H3;5*1H4. The van der Waals surface area contributed by atoms with Crippen LogP contribution in [0.3, 0.4) is 0 Å². The van der Waals surface area contributed by atoms with Crippen LogP contribution < -0.4 is 0 Å². The highest BCUT2D eigenvalue weighted by Gasteiger charge is 2.28. The minimum atomic E-state index is -3.98. The Bertz CT molecular complexity index is 655. The van der Waals surface area contributed by atoms with E-state index in [0.29, 0.717) is 0 Å². The van der Waals surface area contributed by atoms with Gasteiger partial charge in [0.2, 0.25) is 12.3 Å². The molecule has 0 aromatic heterocycles. The van der Waals surface area contributed by atoms with Crippen molar-refractivity contribution in [2.75, 3.05) is 0 Å². The van der Waals surface area contributed by atoms with Crippen molar-refractivity contribution in [3.05, 3.63) is 0 Å². The predicted molar refractivity (Wildman–Crippen MR) is 259 cm³/mol. The smallest absolute Gasteiger partial charge is 0.210 e. The molecule has 10 heteroatoms. The highest BCUT2D eigenvalue weighted by Crippen LogP contribution is 2.35. The fraction of sp³-hybridized carbons (Fsp3) is 1.00. The van der Waals surface area contributed by atoms with Crippen LogP contribution >= 0.6 is 0 Å². The monoisotopic (exact) mass is 907 g/mol. The SMILES string of the molecule is C.C.C.C.C.CC(C)C.CC(C)C.CC(C)C(C)(F)F.CC(C)C(F)F.CC(C)C1CC1.CC(C)CC(F)(F)F.CC(C)CCC(F)(F)F.CCC(C)C.CCCC(C)C. The van der Waals surface area contributed by atoms with Crippen LogP contribution in [0.2, 0.25) is 0 Å². The molecule has 0 unspecified atom stereocenters. The van der Waals surface area contributed by atoms with Crippen LogP contribution in [0.4, 0.5) is 43.9 Å². The van der Waals surface area contributed by atoms with E-state index in [1.54, 1.807) is 27.7 Å². The van der Waals surface area contributed by atoms with Gasteiger partial charge in [0.15, 0.2) is 0 Å². The Balaban J connectivity index is -0.0000000376. The van der Waals surface area contributed by atoms with E-state index in [1.165, 1.54) is 59.8 Å². The summed E-state index contributed by atoms with van der Waals surface area (Å²) in [6.07, 6.45) is -4.17. The number of halogens is 10. The zero-order valence-electron chi connectivity index (χ0n) is 40.3. The van der Waals surface area contributed by atoms with E-state index in [4.69, 9.17) is 0 Å². The van der Waals surface area contributed by atoms with E-state index in [0.717, 1.165) is 42.4 Å². The Morgan fingerprint density at radius 3 is 0.733 bits per heavy atom. The number of hydrogen-bond donors (Lipinski definition) is 0. The van der Waals surface area contributed by atoms with Gasteiger partial charge in [-0.25, -0.2) is 17.6 Å². The lowest BCUT2D eigenvalue weighted by molar-refractivity contribution is -0.142. The van der Waals surface area contributed by atoms with Crippen molar-refractivity contribution >= 4 is 0 Å². The molecule has 1 saturated carbocycles. The lowest BCUT2D eigenvalue weighted by atomic mass is 10.1. The highest BCUT2D eigenvalue weighted by molar-refractivity contribution is 4.75. The Morgan fingerprint density at radius 2 is 0.717 bits per heavy atom. The Morgan fingerprint density at radius 1 is 0.467 bits per heavy atom. The van der Waals surface area contributed by atoms with Gasteiger partial charge in [-0.05, 0) is 73.5 Å². The van der Waals surface area contributed by atoms with Crippen molar-refractivity contribution in [1.82, 2.24) is 0 Å². The zero-order chi connectivity index (χ0) is 46.5. The summed E-state index contributed by atoms with van der Waals surface area (Å²) in [7, 11) is 0. The molecule has 0 bridgehead atoms. The van der Waals surface area contributed by atoms with E-state index in [2.05, 4.69) is 96.9 Å². The first kappa shape index (κ1) is 94.0. The molecule has 60 heavy (non-hydrogen) atoms. The molecule has 0 aliphatic heterocycles. The molecule has 0 heterocycles. The van der Waals surface area contributed by atoms with Crippen LogP contribution in [0.1, 0.15) is 248 Å². The molecule has 0 aromatic carbocycles. The van der Waals surface area contributed by atoms with Crippen molar-refractivity contribution in [2.45, 2.75) is 272 Å². The average molecular weight is 907 g/mol. The van der Waals surface area contributed by atoms with Crippen molar-refractivity contribution in [3.63, 3.8) is 0 Å². The highest BCUT2D eigenvalue weighted by atomic mass is 19.4. The third-order valence-corrected chi connectivity index (χ3v) is 6.41. The number of hydrogen-bond acceptors (Lipinski definition) is 0. The zero-order valence-corrected chi connectivity index (χ0v) is 40.3. The summed E-state index contributed by atoms with van der Waals surface area (Å²) < 4.78 is 114. The summed E-state index contributed by atoms with van der Waals surface area (Å²) in [5.41, 5.74) is 0. The molecular weight excluding hydrogens is 791 g/mol. The predicted octanol–water partition coefficient (Wildman–Crippen LogP) is 22.8. The minimum absolute atomic E-state index is 0. The normalized spacial score (nSPS) is 11.4. The summed E-state index contributed by atoms with van der Waals surface area (Å²) in [4.78, 5) is 0. The lowest BCUT2D eigenvalue weighted by Gasteiger charge is -2.12. The molecule has 1 rings (SSSR count). The van der Waals surface area contributed by atoms with Crippen LogP contribution in [0.15, 0.2) is 0 Å². The quantitative estimate of drug-likeness (QED) is 0.202. The molecule has 0 spiro atoms. The Hall–Kier alpha value is -0.700. The lowest BCUT2D eigenvalue weighted by Crippen LogP contribution is -2.17. The maximum Gasteiger partial charge on any atom is 0.389 e. The van der Waals surface area contributed by atoms with Gasteiger partial charge in [0.1, 0.15) is 0 Å². The van der Waals surface area contributed by atoms with Gasteiger partial charge >= 0.3 is 12.4 Å². The fourth-order valence-electron chi connectivity index (χ4n) is 2.26. The Labute approximate surface area is 374 Å². The minimum Gasteiger partial charge on any atom is -0.210 e. The summed E-state index contributed by atoms with van der Waals surface area (Å²) in [5, 5.41) is 0. The maximum atomic E-state index is 11.8. The third-order valence-electron chi connectivity index (χ3n) is 6.41. The first-order valence-electron chi connectivity index (χ1n) is 21.0. The van der Waals surface area contributed by atoms with E-state index < -0.39 is 49.4 Å². The summed E-state index contributed by atoms with van der Waals surface area (Å²) in [6.45, 7) is 44.6. The number of alkyl halides is 10. The van der Waals surface area contributed by atoms with Crippen molar-refractivity contribution < 1.29 is 43.9 Å². The molecule has 0 N–H and O–H groups in total. The van der Waals surface area contributed by atoms with Gasteiger partial charge in [-0.1, -0.05) is 209 Å². The molecular formula is C50H116F10. The van der Waals surface area contributed by atoms with Crippen LogP contribution in [-0.2, 0) is 0 Å². The molecule has 1 fully saturated rings. The molecule has 1 aliphatic rings. The topological polar surface area (TPSA) is 0 Å². The average Bonchev–Trinajstić information content (AvgIpc) is 3.77. The molecule has 386 valence electrons. The third kappa shape index (κ3) is 174. The van der Waals surface area contributed by atoms with Gasteiger partial charge in [0, 0.05) is 24.7 Å². The van der Waals surface area contributed by atoms with Crippen molar-refractivity contribution in [2.24, 2.45) is 59.2 Å². The van der Waals surface area contributed by atoms with Gasteiger partial charge in [0.05, 0.1) is 0 Å². The van der Waals surface area contributed by atoms with E-state index in [9.17, 15) is 43.9 Å². The fourth-order valence-corrected chi connectivity index (χ4v) is 2.26. The largest absolute Gasteiger partial charge is 0.389 e. The van der Waals surface area contributed by atoms with Crippen LogP contribution in [-0.4, -0.2) is 24.7 Å². The molecule has 0 saturated heterocycles. The Kier molecular flexibility index (Phi) is 88.3. The van der Waals surface area contributed by atoms with Crippen LogP contribution in [0.5, 0.6) is 0 Å². The van der Waals surface area contributed by atoms with E-state index in [-0.39, 0.29) is 55.4 Å². The molecule has 0 nitrogen and oxygen atoms in total. The second-order valence-corrected chi connectivity index (χ2v) is 18.5. The molecule has 0 atom stereocenters.